The molecule has 0 N–H and O–H groups in total. The Morgan fingerprint density at radius 1 is 1.00 bits per heavy atom. The second-order valence-electron chi connectivity index (χ2n) is 6.84. The van der Waals surface area contributed by atoms with Crippen LogP contribution in [0.15, 0.2) is 36.5 Å². The molecule has 3 rings (SSSR count). The molecule has 1 fully saturated rings. The summed E-state index contributed by atoms with van der Waals surface area (Å²) in [4.78, 5) is 31.9. The van der Waals surface area contributed by atoms with E-state index >= 15 is 0 Å². The first-order chi connectivity index (χ1) is 14.1. The van der Waals surface area contributed by atoms with Crippen molar-refractivity contribution in [2.75, 3.05) is 32.8 Å². The van der Waals surface area contributed by atoms with Crippen molar-refractivity contribution >= 4 is 11.8 Å². The highest BCUT2D eigenvalue weighted by molar-refractivity contribution is 5.96. The molecule has 0 unspecified atom stereocenters. The molecule has 1 aliphatic rings. The van der Waals surface area contributed by atoms with Gasteiger partial charge in [0.1, 0.15) is 5.82 Å². The summed E-state index contributed by atoms with van der Waals surface area (Å²) < 4.78 is 54.7. The van der Waals surface area contributed by atoms with Crippen LogP contribution >= 0.6 is 0 Å². The van der Waals surface area contributed by atoms with Crippen molar-refractivity contribution < 1.29 is 31.9 Å². The van der Waals surface area contributed by atoms with Crippen molar-refractivity contribution in [2.24, 2.45) is 0 Å². The Balaban J connectivity index is 1.56. The Kier molecular flexibility index (Phi) is 6.23. The highest BCUT2D eigenvalue weighted by Crippen LogP contribution is 2.18. The van der Waals surface area contributed by atoms with Gasteiger partial charge in [0.05, 0.1) is 5.56 Å². The van der Waals surface area contributed by atoms with Crippen LogP contribution in [-0.4, -0.2) is 65.6 Å². The summed E-state index contributed by atoms with van der Waals surface area (Å²) in [5, 5.41) is 0. The first-order valence-corrected chi connectivity index (χ1v) is 9.14. The predicted octanol–water partition coefficient (Wildman–Crippen LogP) is 3.07. The molecule has 6 nitrogen and oxygen atoms in total. The number of benzene rings is 1. The number of piperazine rings is 1. The summed E-state index contributed by atoms with van der Waals surface area (Å²) in [6.45, 7) is 1.24. The van der Waals surface area contributed by atoms with Crippen molar-refractivity contribution in [3.8, 4) is 5.88 Å². The van der Waals surface area contributed by atoms with Crippen LogP contribution in [0.2, 0.25) is 0 Å². The number of nitrogens with zero attached hydrogens (tertiary/aromatic N) is 3. The highest BCUT2D eigenvalue weighted by atomic mass is 19.4. The van der Waals surface area contributed by atoms with E-state index in [9.17, 15) is 27.2 Å². The molecule has 2 amide bonds. The molecule has 0 atom stereocenters. The predicted molar refractivity (Wildman–Crippen MR) is 98.7 cm³/mol. The van der Waals surface area contributed by atoms with Gasteiger partial charge in [-0.05, 0) is 30.7 Å². The summed E-state index contributed by atoms with van der Waals surface area (Å²) >= 11 is 0. The third-order valence-electron chi connectivity index (χ3n) is 4.64. The number of hydrogen-bond donors (Lipinski definition) is 0. The highest BCUT2D eigenvalue weighted by Gasteiger charge is 2.29. The van der Waals surface area contributed by atoms with Crippen LogP contribution < -0.4 is 4.74 Å². The number of aromatic nitrogens is 1. The van der Waals surface area contributed by atoms with Gasteiger partial charge in [-0.15, -0.1) is 0 Å². The fraction of sp³-hybridized carbons (Fsp3) is 0.350. The fourth-order valence-electron chi connectivity index (χ4n) is 2.95. The van der Waals surface area contributed by atoms with E-state index in [1.54, 1.807) is 17.9 Å². The second kappa shape index (κ2) is 8.68. The van der Waals surface area contributed by atoms with Gasteiger partial charge < -0.3 is 14.5 Å². The molecule has 0 radical (unpaired) electrons. The molecule has 2 aromatic rings. The number of amides is 2. The molecule has 2 heterocycles. The van der Waals surface area contributed by atoms with E-state index in [2.05, 4.69) is 9.72 Å². The van der Waals surface area contributed by atoms with Gasteiger partial charge in [-0.2, -0.15) is 13.2 Å². The number of carbonyl (C=O) groups excluding carboxylic acids is 2. The Morgan fingerprint density at radius 2 is 1.57 bits per heavy atom. The molecule has 0 aliphatic carbocycles. The van der Waals surface area contributed by atoms with Crippen molar-refractivity contribution in [1.82, 2.24) is 14.8 Å². The zero-order valence-electron chi connectivity index (χ0n) is 16.1. The van der Waals surface area contributed by atoms with Gasteiger partial charge in [0.2, 0.25) is 5.88 Å². The molecule has 30 heavy (non-hydrogen) atoms. The molecule has 1 saturated heterocycles. The Morgan fingerprint density at radius 3 is 2.07 bits per heavy atom. The fourth-order valence-corrected chi connectivity index (χ4v) is 2.95. The lowest BCUT2D eigenvalue weighted by atomic mass is 10.1. The minimum Gasteiger partial charge on any atom is -0.468 e. The maximum Gasteiger partial charge on any atom is 0.422 e. The van der Waals surface area contributed by atoms with Crippen LogP contribution in [0.5, 0.6) is 5.88 Å². The van der Waals surface area contributed by atoms with Gasteiger partial charge in [-0.1, -0.05) is 6.07 Å². The number of halogens is 4. The minimum atomic E-state index is -4.47. The Labute approximate surface area is 170 Å². The molecule has 0 bridgehead atoms. The number of hydrogen-bond acceptors (Lipinski definition) is 4. The van der Waals surface area contributed by atoms with Gasteiger partial charge in [0.15, 0.2) is 6.61 Å². The summed E-state index contributed by atoms with van der Waals surface area (Å²) in [7, 11) is 0. The quantitative estimate of drug-likeness (QED) is 0.707. The minimum absolute atomic E-state index is 0.203. The molecular formula is C20H19F4N3O3. The maximum absolute atomic E-state index is 13.7. The molecule has 0 saturated carbocycles. The number of rotatable bonds is 4. The largest absolute Gasteiger partial charge is 0.468 e. The lowest BCUT2D eigenvalue weighted by molar-refractivity contribution is -0.154. The van der Waals surface area contributed by atoms with E-state index in [1.165, 1.54) is 29.2 Å². The lowest BCUT2D eigenvalue weighted by Gasteiger charge is -2.34. The molecule has 0 spiro atoms. The van der Waals surface area contributed by atoms with Crippen molar-refractivity contribution in [3.63, 3.8) is 0 Å². The molecule has 1 aromatic heterocycles. The molecule has 10 heteroatoms. The molecular weight excluding hydrogens is 406 g/mol. The number of pyridine rings is 1. The zero-order valence-corrected chi connectivity index (χ0v) is 16.1. The first-order valence-electron chi connectivity index (χ1n) is 9.14. The molecule has 1 aliphatic heterocycles. The van der Waals surface area contributed by atoms with Crippen LogP contribution in [0.1, 0.15) is 26.3 Å². The first kappa shape index (κ1) is 21.5. The van der Waals surface area contributed by atoms with Gasteiger partial charge >= 0.3 is 6.18 Å². The van der Waals surface area contributed by atoms with Crippen molar-refractivity contribution in [1.29, 1.82) is 0 Å². The standard InChI is InChI=1S/C20H19F4N3O3/c1-13-2-3-14(10-16(13)21)18(28)26-6-8-27(9-7-26)19(29)15-4-5-17(25-11-15)30-12-20(22,23)24/h2-5,10-11H,6-9,12H2,1H3. The zero-order chi connectivity index (χ0) is 21.9. The maximum atomic E-state index is 13.7. The Bertz CT molecular complexity index is 924. The van der Waals surface area contributed by atoms with E-state index < -0.39 is 18.6 Å². The topological polar surface area (TPSA) is 62.7 Å². The number of alkyl halides is 3. The average Bonchev–Trinajstić information content (AvgIpc) is 2.73. The summed E-state index contributed by atoms with van der Waals surface area (Å²) in [5.74, 6) is -1.35. The number of ether oxygens (including phenoxy) is 1. The van der Waals surface area contributed by atoms with Crippen LogP contribution in [0, 0.1) is 12.7 Å². The van der Waals surface area contributed by atoms with Gasteiger partial charge in [-0.25, -0.2) is 9.37 Å². The van der Waals surface area contributed by atoms with E-state index in [-0.39, 0.29) is 55.0 Å². The van der Waals surface area contributed by atoms with E-state index in [0.29, 0.717) is 5.56 Å². The summed E-state index contributed by atoms with van der Waals surface area (Å²) in [6, 6.07) is 6.84. The normalized spacial score (nSPS) is 14.6. The van der Waals surface area contributed by atoms with E-state index in [1.807, 2.05) is 0 Å². The second-order valence-corrected chi connectivity index (χ2v) is 6.84. The monoisotopic (exact) mass is 425 g/mol. The van der Waals surface area contributed by atoms with E-state index in [4.69, 9.17) is 0 Å². The summed E-state index contributed by atoms with van der Waals surface area (Å²) in [5.41, 5.74) is 0.900. The molecule has 160 valence electrons. The van der Waals surface area contributed by atoms with Crippen LogP contribution in [0.3, 0.4) is 0 Å². The number of aryl methyl sites for hydroxylation is 1. The van der Waals surface area contributed by atoms with Gasteiger partial charge in [0.25, 0.3) is 11.8 Å². The van der Waals surface area contributed by atoms with E-state index in [0.717, 1.165) is 6.20 Å². The van der Waals surface area contributed by atoms with Gasteiger partial charge in [-0.3, -0.25) is 9.59 Å². The average molecular weight is 425 g/mol. The van der Waals surface area contributed by atoms with Gasteiger partial charge in [0, 0.05) is 44.0 Å². The van der Waals surface area contributed by atoms with Crippen molar-refractivity contribution in [3.05, 3.63) is 59.0 Å². The Hall–Kier alpha value is -3.17. The van der Waals surface area contributed by atoms with Crippen LogP contribution in [0.4, 0.5) is 17.6 Å². The van der Waals surface area contributed by atoms with Crippen molar-refractivity contribution in [2.45, 2.75) is 13.1 Å². The molecule has 1 aromatic carbocycles. The number of carbonyl (C=O) groups is 2. The SMILES string of the molecule is Cc1ccc(C(=O)N2CCN(C(=O)c3ccc(OCC(F)(F)F)nc3)CC2)cc1F. The third kappa shape index (κ3) is 5.25. The third-order valence-corrected chi connectivity index (χ3v) is 4.64. The summed E-state index contributed by atoms with van der Waals surface area (Å²) in [6.07, 6.45) is -3.32. The lowest BCUT2D eigenvalue weighted by Crippen LogP contribution is -2.50. The van der Waals surface area contributed by atoms with Crippen LogP contribution in [0.25, 0.3) is 0 Å². The van der Waals surface area contributed by atoms with Crippen LogP contribution in [-0.2, 0) is 0 Å². The smallest absolute Gasteiger partial charge is 0.422 e.